The summed E-state index contributed by atoms with van der Waals surface area (Å²) < 4.78 is 41.6. The molecule has 1 unspecified atom stereocenters. The second-order valence-electron chi connectivity index (χ2n) is 6.37. The molecule has 0 aliphatic carbocycles. The van der Waals surface area contributed by atoms with Crippen molar-refractivity contribution < 1.29 is 21.6 Å². The number of aryl methyl sites for hydroxylation is 2. The van der Waals surface area contributed by atoms with E-state index in [0.29, 0.717) is 11.4 Å². The van der Waals surface area contributed by atoms with Crippen LogP contribution in [-0.2, 0) is 21.0 Å². The largest absolute Gasteiger partial charge is 0.441 e. The van der Waals surface area contributed by atoms with E-state index in [1.54, 1.807) is 0 Å². The molecule has 0 aliphatic heterocycles. The van der Waals surface area contributed by atoms with Gasteiger partial charge in [0.15, 0.2) is 11.5 Å². The summed E-state index contributed by atoms with van der Waals surface area (Å²) in [6.07, 6.45) is 4.10. The fraction of sp³-hybridized carbons (Fsp3) is 0.444. The predicted molar refractivity (Wildman–Crippen MR) is 103 cm³/mol. The summed E-state index contributed by atoms with van der Waals surface area (Å²) in [6.45, 7) is 1.83. The normalized spacial score (nSPS) is 13.3. The van der Waals surface area contributed by atoms with Crippen LogP contribution in [0.5, 0.6) is 0 Å². The van der Waals surface area contributed by atoms with Crippen molar-refractivity contribution in [3.05, 3.63) is 46.2 Å². The molecule has 0 amide bonds. The topological polar surface area (TPSA) is 103 Å². The zero-order chi connectivity index (χ0) is 19.3. The first-order valence-corrected chi connectivity index (χ1v) is 11.1. The van der Waals surface area contributed by atoms with E-state index in [1.165, 1.54) is 11.3 Å². The average Bonchev–Trinajstić information content (AvgIpc) is 3.21. The van der Waals surface area contributed by atoms with Gasteiger partial charge in [-0.2, -0.15) is 8.42 Å². The van der Waals surface area contributed by atoms with Gasteiger partial charge in [0.25, 0.3) is 0 Å². The van der Waals surface area contributed by atoms with E-state index in [9.17, 15) is 8.42 Å². The number of fused-ring (bicyclic) bond motifs is 1. The van der Waals surface area contributed by atoms with E-state index in [0.717, 1.165) is 54.8 Å². The van der Waals surface area contributed by atoms with E-state index in [1.807, 2.05) is 36.6 Å². The number of thiazole rings is 1. The number of unbranched alkanes of at least 4 members (excludes halogenated alkanes) is 3. The van der Waals surface area contributed by atoms with Crippen molar-refractivity contribution >= 4 is 32.8 Å². The number of hydrogen-bond donors (Lipinski definition) is 1. The SMILES string of the molecule is Cc1csc(C(CCCCCCc2nc3ccccc3o2)OS(=O)(=O)O)n1. The minimum Gasteiger partial charge on any atom is -0.441 e. The third kappa shape index (κ3) is 6.10. The molecule has 0 fully saturated rings. The van der Waals surface area contributed by atoms with Gasteiger partial charge in [0.1, 0.15) is 16.6 Å². The molecule has 146 valence electrons. The highest BCUT2D eigenvalue weighted by Crippen LogP contribution is 2.28. The van der Waals surface area contributed by atoms with Crippen molar-refractivity contribution in [3.8, 4) is 0 Å². The Kier molecular flexibility index (Phi) is 6.59. The van der Waals surface area contributed by atoms with Gasteiger partial charge in [-0.3, -0.25) is 4.55 Å². The summed E-state index contributed by atoms with van der Waals surface area (Å²) in [7, 11) is -4.51. The molecule has 2 heterocycles. The molecule has 7 nitrogen and oxygen atoms in total. The van der Waals surface area contributed by atoms with Crippen molar-refractivity contribution in [1.29, 1.82) is 0 Å². The zero-order valence-electron chi connectivity index (χ0n) is 15.0. The molecule has 0 aliphatic rings. The van der Waals surface area contributed by atoms with E-state index in [-0.39, 0.29) is 0 Å². The number of rotatable bonds is 10. The number of oxazole rings is 1. The van der Waals surface area contributed by atoms with Crippen LogP contribution in [0.25, 0.3) is 11.1 Å². The van der Waals surface area contributed by atoms with Crippen LogP contribution in [-0.4, -0.2) is 22.9 Å². The molecule has 0 spiro atoms. The molecule has 0 bridgehead atoms. The van der Waals surface area contributed by atoms with Crippen molar-refractivity contribution in [1.82, 2.24) is 9.97 Å². The summed E-state index contributed by atoms with van der Waals surface area (Å²) in [5, 5.41) is 2.40. The van der Waals surface area contributed by atoms with Gasteiger partial charge in [0.05, 0.1) is 0 Å². The molecule has 3 rings (SSSR count). The smallest absolute Gasteiger partial charge is 0.398 e. The molecule has 0 saturated carbocycles. The van der Waals surface area contributed by atoms with Gasteiger partial charge < -0.3 is 4.42 Å². The van der Waals surface area contributed by atoms with Crippen molar-refractivity contribution in [3.63, 3.8) is 0 Å². The summed E-state index contributed by atoms with van der Waals surface area (Å²) in [4.78, 5) is 8.72. The lowest BCUT2D eigenvalue weighted by Gasteiger charge is -2.12. The Labute approximate surface area is 162 Å². The van der Waals surface area contributed by atoms with Crippen LogP contribution in [0.4, 0.5) is 0 Å². The molecule has 0 saturated heterocycles. The molecule has 3 aromatic rings. The Hall–Kier alpha value is -1.81. The number of benzene rings is 1. The summed E-state index contributed by atoms with van der Waals surface area (Å²) in [6, 6.07) is 7.69. The van der Waals surface area contributed by atoms with Crippen LogP contribution in [0.15, 0.2) is 34.1 Å². The lowest BCUT2D eigenvalue weighted by Crippen LogP contribution is -2.11. The molecule has 1 atom stereocenters. The molecule has 9 heteroatoms. The fourth-order valence-corrected chi connectivity index (χ4v) is 4.27. The van der Waals surface area contributed by atoms with Crippen LogP contribution in [0.3, 0.4) is 0 Å². The monoisotopic (exact) mass is 410 g/mol. The minimum atomic E-state index is -4.51. The first-order chi connectivity index (χ1) is 12.9. The van der Waals surface area contributed by atoms with Gasteiger partial charge in [-0.1, -0.05) is 31.4 Å². The van der Waals surface area contributed by atoms with Crippen molar-refractivity contribution in [2.24, 2.45) is 0 Å². The third-order valence-electron chi connectivity index (χ3n) is 4.10. The summed E-state index contributed by atoms with van der Waals surface area (Å²) >= 11 is 1.33. The highest BCUT2D eigenvalue weighted by Gasteiger charge is 2.21. The second kappa shape index (κ2) is 8.92. The fourth-order valence-electron chi connectivity index (χ4n) is 2.87. The Morgan fingerprint density at radius 1 is 1.19 bits per heavy atom. The lowest BCUT2D eigenvalue weighted by atomic mass is 10.1. The van der Waals surface area contributed by atoms with E-state index < -0.39 is 16.5 Å². The molecular formula is C18H22N2O5S2. The van der Waals surface area contributed by atoms with Crippen LogP contribution in [0.2, 0.25) is 0 Å². The summed E-state index contributed by atoms with van der Waals surface area (Å²) in [5.41, 5.74) is 2.48. The van der Waals surface area contributed by atoms with Gasteiger partial charge in [-0.15, -0.1) is 11.3 Å². The molecule has 1 aromatic carbocycles. The number of aromatic nitrogens is 2. The van der Waals surface area contributed by atoms with Crippen LogP contribution < -0.4 is 0 Å². The van der Waals surface area contributed by atoms with Crippen molar-refractivity contribution in [2.75, 3.05) is 0 Å². The maximum Gasteiger partial charge on any atom is 0.398 e. The number of nitrogens with zero attached hydrogens (tertiary/aromatic N) is 2. The Bertz CT molecular complexity index is 947. The van der Waals surface area contributed by atoms with Gasteiger partial charge in [-0.25, -0.2) is 14.2 Å². The Morgan fingerprint density at radius 2 is 1.96 bits per heavy atom. The minimum absolute atomic E-state index is 0.482. The highest BCUT2D eigenvalue weighted by atomic mass is 32.3. The first-order valence-electron chi connectivity index (χ1n) is 8.83. The number of hydrogen-bond acceptors (Lipinski definition) is 7. The van der Waals surface area contributed by atoms with Gasteiger partial charge in [0, 0.05) is 17.5 Å². The summed E-state index contributed by atoms with van der Waals surface area (Å²) in [5.74, 6) is 0.738. The maximum atomic E-state index is 11.1. The lowest BCUT2D eigenvalue weighted by molar-refractivity contribution is 0.171. The standard InChI is InChI=1S/C18H22N2O5S2/c1-13-12-26-18(19-13)16(25-27(21,22)23)10-4-2-3-5-11-17-20-14-8-6-7-9-15(14)24-17/h6-9,12,16H,2-5,10-11H2,1H3,(H,21,22,23). The third-order valence-corrected chi connectivity index (χ3v) is 5.63. The average molecular weight is 411 g/mol. The molecule has 0 radical (unpaired) electrons. The molecular weight excluding hydrogens is 388 g/mol. The van der Waals surface area contributed by atoms with Gasteiger partial charge in [-0.05, 0) is 31.9 Å². The van der Waals surface area contributed by atoms with E-state index >= 15 is 0 Å². The second-order valence-corrected chi connectivity index (χ2v) is 8.31. The molecule has 27 heavy (non-hydrogen) atoms. The quantitative estimate of drug-likeness (QED) is 0.383. The van der Waals surface area contributed by atoms with Gasteiger partial charge in [0.2, 0.25) is 0 Å². The first kappa shape index (κ1) is 19.9. The van der Waals surface area contributed by atoms with Crippen molar-refractivity contribution in [2.45, 2.75) is 51.6 Å². The molecule has 1 N–H and O–H groups in total. The number of para-hydroxylation sites is 2. The maximum absolute atomic E-state index is 11.1. The van der Waals surface area contributed by atoms with E-state index in [4.69, 9.17) is 13.2 Å². The van der Waals surface area contributed by atoms with Gasteiger partial charge >= 0.3 is 10.4 Å². The van der Waals surface area contributed by atoms with Crippen LogP contribution in [0.1, 0.15) is 54.8 Å². The highest BCUT2D eigenvalue weighted by molar-refractivity contribution is 7.80. The molecule has 2 aromatic heterocycles. The van der Waals surface area contributed by atoms with Crippen LogP contribution in [0, 0.1) is 6.92 Å². The Balaban J connectivity index is 1.43. The zero-order valence-corrected chi connectivity index (χ0v) is 16.6. The van der Waals surface area contributed by atoms with E-state index in [2.05, 4.69) is 9.97 Å². The predicted octanol–water partition coefficient (Wildman–Crippen LogP) is 4.65. The Morgan fingerprint density at radius 3 is 2.67 bits per heavy atom. The van der Waals surface area contributed by atoms with Crippen LogP contribution >= 0.6 is 11.3 Å².